The SMILES string of the molecule is COc1ccc(CC(=O)OCC(=O)N[C@](C)(C#N)C2CC2)cc1. The Balaban J connectivity index is 1.77. The predicted octanol–water partition coefficient (Wildman–Crippen LogP) is 1.59. The highest BCUT2D eigenvalue weighted by Crippen LogP contribution is 2.39. The van der Waals surface area contributed by atoms with Crippen molar-refractivity contribution in [3.63, 3.8) is 0 Å². The molecule has 0 spiro atoms. The highest BCUT2D eigenvalue weighted by molar-refractivity contribution is 5.82. The summed E-state index contributed by atoms with van der Waals surface area (Å²) in [5, 5.41) is 11.8. The lowest BCUT2D eigenvalue weighted by molar-refractivity contribution is -0.148. The standard InChI is InChI=1S/C17H20N2O4/c1-17(11-18,13-5-6-13)19-15(20)10-23-16(21)9-12-3-7-14(22-2)8-4-12/h3-4,7-8,13H,5-6,9-10H2,1-2H3,(H,19,20)/t17-/m1/s1. The van der Waals surface area contributed by atoms with Crippen LogP contribution >= 0.6 is 0 Å². The van der Waals surface area contributed by atoms with Crippen molar-refractivity contribution in [3.05, 3.63) is 29.8 Å². The van der Waals surface area contributed by atoms with Gasteiger partial charge in [-0.25, -0.2) is 0 Å². The second-order valence-corrected chi connectivity index (χ2v) is 5.82. The lowest BCUT2D eigenvalue weighted by atomic mass is 9.98. The van der Waals surface area contributed by atoms with Crippen LogP contribution < -0.4 is 10.1 Å². The summed E-state index contributed by atoms with van der Waals surface area (Å²) < 4.78 is 10.0. The maximum absolute atomic E-state index is 11.8. The van der Waals surface area contributed by atoms with E-state index < -0.39 is 17.4 Å². The van der Waals surface area contributed by atoms with E-state index in [2.05, 4.69) is 11.4 Å². The molecule has 1 N–H and O–H groups in total. The molecule has 1 atom stereocenters. The molecule has 0 unspecified atom stereocenters. The van der Waals surface area contributed by atoms with Crippen molar-refractivity contribution < 1.29 is 19.1 Å². The quantitative estimate of drug-likeness (QED) is 0.772. The van der Waals surface area contributed by atoms with Gasteiger partial charge in [0.15, 0.2) is 6.61 Å². The summed E-state index contributed by atoms with van der Waals surface area (Å²) in [5.74, 6) is -0.0526. The number of nitriles is 1. The van der Waals surface area contributed by atoms with Gasteiger partial charge >= 0.3 is 5.97 Å². The number of hydrogen-bond acceptors (Lipinski definition) is 5. The van der Waals surface area contributed by atoms with Crippen LogP contribution in [0, 0.1) is 17.2 Å². The first kappa shape index (κ1) is 16.8. The van der Waals surface area contributed by atoms with Crippen LogP contribution in [0.4, 0.5) is 0 Å². The maximum atomic E-state index is 11.8. The Morgan fingerprint density at radius 3 is 2.52 bits per heavy atom. The maximum Gasteiger partial charge on any atom is 0.310 e. The first-order valence-electron chi connectivity index (χ1n) is 7.47. The first-order valence-corrected chi connectivity index (χ1v) is 7.47. The zero-order valence-corrected chi connectivity index (χ0v) is 13.3. The number of nitrogens with one attached hydrogen (secondary N) is 1. The summed E-state index contributed by atoms with van der Waals surface area (Å²) in [6.45, 7) is 1.32. The molecule has 2 rings (SSSR count). The highest BCUT2D eigenvalue weighted by Gasteiger charge is 2.43. The van der Waals surface area contributed by atoms with E-state index in [4.69, 9.17) is 9.47 Å². The third kappa shape index (κ3) is 4.71. The third-order valence-corrected chi connectivity index (χ3v) is 3.90. The Labute approximate surface area is 135 Å². The van der Waals surface area contributed by atoms with E-state index in [1.807, 2.05) is 0 Å². The smallest absolute Gasteiger partial charge is 0.310 e. The lowest BCUT2D eigenvalue weighted by Gasteiger charge is -2.22. The van der Waals surface area contributed by atoms with Gasteiger partial charge in [0.1, 0.15) is 11.3 Å². The molecule has 1 fully saturated rings. The monoisotopic (exact) mass is 316 g/mol. The molecule has 1 aromatic rings. The summed E-state index contributed by atoms with van der Waals surface area (Å²) in [5.41, 5.74) is -0.101. The predicted molar refractivity (Wildman–Crippen MR) is 82.5 cm³/mol. The van der Waals surface area contributed by atoms with Gasteiger partial charge in [-0.1, -0.05) is 12.1 Å². The van der Waals surface area contributed by atoms with Gasteiger partial charge in [-0.3, -0.25) is 9.59 Å². The average molecular weight is 316 g/mol. The lowest BCUT2D eigenvalue weighted by Crippen LogP contribution is -2.48. The van der Waals surface area contributed by atoms with Crippen LogP contribution in [0.15, 0.2) is 24.3 Å². The number of ether oxygens (including phenoxy) is 2. The molecule has 23 heavy (non-hydrogen) atoms. The highest BCUT2D eigenvalue weighted by atomic mass is 16.5. The summed E-state index contributed by atoms with van der Waals surface area (Å²) >= 11 is 0. The second kappa shape index (κ2) is 7.14. The van der Waals surface area contributed by atoms with Crippen molar-refractivity contribution in [1.82, 2.24) is 5.32 Å². The molecule has 6 heteroatoms. The fourth-order valence-corrected chi connectivity index (χ4v) is 2.31. The molecular formula is C17H20N2O4. The molecule has 6 nitrogen and oxygen atoms in total. The van der Waals surface area contributed by atoms with Crippen LogP contribution in [0.1, 0.15) is 25.3 Å². The fourth-order valence-electron chi connectivity index (χ4n) is 2.31. The fraction of sp³-hybridized carbons (Fsp3) is 0.471. The Morgan fingerprint density at radius 2 is 2.00 bits per heavy atom. The number of methoxy groups -OCH3 is 1. The van der Waals surface area contributed by atoms with Crippen molar-refractivity contribution in [2.24, 2.45) is 5.92 Å². The number of amides is 1. The molecule has 122 valence electrons. The van der Waals surface area contributed by atoms with E-state index in [-0.39, 0.29) is 18.9 Å². The molecule has 0 radical (unpaired) electrons. The molecular weight excluding hydrogens is 296 g/mol. The van der Waals surface area contributed by atoms with Crippen LogP contribution in [-0.4, -0.2) is 31.1 Å². The van der Waals surface area contributed by atoms with Crippen LogP contribution in [0.5, 0.6) is 5.75 Å². The van der Waals surface area contributed by atoms with E-state index in [1.165, 1.54) is 0 Å². The molecule has 0 heterocycles. The van der Waals surface area contributed by atoms with E-state index in [0.717, 1.165) is 18.4 Å². The van der Waals surface area contributed by atoms with Crippen LogP contribution in [0.2, 0.25) is 0 Å². The van der Waals surface area contributed by atoms with Crippen molar-refractivity contribution in [2.75, 3.05) is 13.7 Å². The van der Waals surface area contributed by atoms with Gasteiger partial charge in [-0.2, -0.15) is 5.26 Å². The van der Waals surface area contributed by atoms with E-state index in [9.17, 15) is 14.9 Å². The number of rotatable bonds is 7. The zero-order valence-electron chi connectivity index (χ0n) is 13.3. The summed E-state index contributed by atoms with van der Waals surface area (Å²) in [7, 11) is 1.57. The Morgan fingerprint density at radius 1 is 1.35 bits per heavy atom. The zero-order chi connectivity index (χ0) is 16.9. The molecule has 0 bridgehead atoms. The minimum atomic E-state index is -0.876. The Kier molecular flexibility index (Phi) is 5.22. The van der Waals surface area contributed by atoms with Gasteiger partial charge in [0.25, 0.3) is 5.91 Å². The normalized spacial score (nSPS) is 15.9. The average Bonchev–Trinajstić information content (AvgIpc) is 3.39. The molecule has 0 aliphatic heterocycles. The van der Waals surface area contributed by atoms with Gasteiger partial charge in [0.2, 0.25) is 0 Å². The summed E-state index contributed by atoms with van der Waals surface area (Å²) in [6, 6.07) is 9.16. The van der Waals surface area contributed by atoms with Gasteiger partial charge < -0.3 is 14.8 Å². The van der Waals surface area contributed by atoms with E-state index in [1.54, 1.807) is 38.3 Å². The van der Waals surface area contributed by atoms with Crippen LogP contribution in [-0.2, 0) is 20.7 Å². The summed E-state index contributed by atoms with van der Waals surface area (Å²) in [4.78, 5) is 23.6. The van der Waals surface area contributed by atoms with Gasteiger partial charge in [0.05, 0.1) is 19.6 Å². The van der Waals surface area contributed by atoms with Crippen LogP contribution in [0.25, 0.3) is 0 Å². The van der Waals surface area contributed by atoms with Gasteiger partial charge in [-0.15, -0.1) is 0 Å². The molecule has 1 amide bonds. The van der Waals surface area contributed by atoms with Crippen LogP contribution in [0.3, 0.4) is 0 Å². The molecule has 1 aliphatic carbocycles. The van der Waals surface area contributed by atoms with Gasteiger partial charge in [0, 0.05) is 0 Å². The van der Waals surface area contributed by atoms with E-state index >= 15 is 0 Å². The molecule has 1 aliphatic rings. The number of nitrogens with zero attached hydrogens (tertiary/aromatic N) is 1. The van der Waals surface area contributed by atoms with Crippen molar-refractivity contribution in [3.8, 4) is 11.8 Å². The second-order valence-electron chi connectivity index (χ2n) is 5.82. The summed E-state index contributed by atoms with van der Waals surface area (Å²) in [6.07, 6.45) is 1.94. The number of carbonyl (C=O) groups excluding carboxylic acids is 2. The number of carbonyl (C=O) groups is 2. The number of benzene rings is 1. The molecule has 0 saturated heterocycles. The third-order valence-electron chi connectivity index (χ3n) is 3.90. The molecule has 1 aromatic carbocycles. The largest absolute Gasteiger partial charge is 0.497 e. The molecule has 1 saturated carbocycles. The Bertz CT molecular complexity index is 616. The topological polar surface area (TPSA) is 88.4 Å². The first-order chi connectivity index (χ1) is 11.0. The molecule has 0 aromatic heterocycles. The van der Waals surface area contributed by atoms with Crippen molar-refractivity contribution in [2.45, 2.75) is 31.7 Å². The minimum absolute atomic E-state index is 0.0788. The van der Waals surface area contributed by atoms with Crippen molar-refractivity contribution in [1.29, 1.82) is 5.26 Å². The van der Waals surface area contributed by atoms with Crippen molar-refractivity contribution >= 4 is 11.9 Å². The van der Waals surface area contributed by atoms with E-state index in [0.29, 0.717) is 5.75 Å². The number of esters is 1. The Hall–Kier alpha value is -2.55. The number of hydrogen-bond donors (Lipinski definition) is 1. The van der Waals surface area contributed by atoms with Gasteiger partial charge in [-0.05, 0) is 43.4 Å². The minimum Gasteiger partial charge on any atom is -0.497 e.